The normalized spacial score (nSPS) is 33.2. The van der Waals surface area contributed by atoms with E-state index in [2.05, 4.69) is 5.32 Å². The summed E-state index contributed by atoms with van der Waals surface area (Å²) in [5.74, 6) is -0.0372. The summed E-state index contributed by atoms with van der Waals surface area (Å²) in [6.07, 6.45) is 0.928. The highest BCUT2D eigenvalue weighted by Gasteiger charge is 2.71. The fourth-order valence-corrected chi connectivity index (χ4v) is 4.06. The highest BCUT2D eigenvalue weighted by molar-refractivity contribution is 6.30. The quantitative estimate of drug-likeness (QED) is 0.883. The summed E-state index contributed by atoms with van der Waals surface area (Å²) >= 11 is 5.95. The smallest absolute Gasteiger partial charge is 0.245 e. The van der Waals surface area contributed by atoms with E-state index in [1.54, 1.807) is 6.07 Å². The Morgan fingerprint density at radius 3 is 2.86 bits per heavy atom. The zero-order chi connectivity index (χ0) is 15.4. The maximum absolute atomic E-state index is 12.8. The Morgan fingerprint density at radius 2 is 2.19 bits per heavy atom. The number of halogens is 1. The molecule has 21 heavy (non-hydrogen) atoms. The number of hydrogen-bond acceptors (Lipinski definition) is 3. The maximum atomic E-state index is 12.8. The average Bonchev–Trinajstić information content (AvgIpc) is 2.89. The standard InChI is InChI=1S/C16H21ClN2O2/c1-9-8-10(17)4-5-12(9)19-14(20)16(18)11-6-7-21-13(11)15(16,2)3/h4-5,8,11,13H,6-7,18H2,1-3H3,(H,19,20). The predicted octanol–water partition coefficient (Wildman–Crippen LogP) is 2.73. The molecular formula is C16H21ClN2O2. The van der Waals surface area contributed by atoms with Gasteiger partial charge in [-0.25, -0.2) is 0 Å². The van der Waals surface area contributed by atoms with Crippen LogP contribution in [0.1, 0.15) is 25.8 Å². The van der Waals surface area contributed by atoms with E-state index in [9.17, 15) is 4.79 Å². The second-order valence-corrected chi connectivity index (χ2v) is 7.13. The van der Waals surface area contributed by atoms with Crippen molar-refractivity contribution in [2.24, 2.45) is 17.1 Å². The van der Waals surface area contributed by atoms with Gasteiger partial charge in [0.2, 0.25) is 5.91 Å². The van der Waals surface area contributed by atoms with E-state index >= 15 is 0 Å². The molecule has 3 rings (SSSR count). The van der Waals surface area contributed by atoms with Gasteiger partial charge in [-0.3, -0.25) is 4.79 Å². The molecule has 1 heterocycles. The van der Waals surface area contributed by atoms with Crippen molar-refractivity contribution in [2.75, 3.05) is 11.9 Å². The molecule has 2 fully saturated rings. The number of nitrogens with two attached hydrogens (primary N) is 1. The number of anilines is 1. The first-order valence-electron chi connectivity index (χ1n) is 7.26. The van der Waals surface area contributed by atoms with E-state index < -0.39 is 5.54 Å². The van der Waals surface area contributed by atoms with E-state index in [-0.39, 0.29) is 23.3 Å². The van der Waals surface area contributed by atoms with Crippen LogP contribution >= 0.6 is 11.6 Å². The third-order valence-corrected chi connectivity index (χ3v) is 5.50. The molecular weight excluding hydrogens is 288 g/mol. The number of aryl methyl sites for hydroxylation is 1. The highest BCUT2D eigenvalue weighted by Crippen LogP contribution is 2.58. The summed E-state index contributed by atoms with van der Waals surface area (Å²) in [6.45, 7) is 6.62. The van der Waals surface area contributed by atoms with Gasteiger partial charge < -0.3 is 15.8 Å². The number of carbonyl (C=O) groups excluding carboxylic acids is 1. The molecule has 4 nitrogen and oxygen atoms in total. The molecule has 1 aliphatic heterocycles. The van der Waals surface area contributed by atoms with Crippen molar-refractivity contribution in [1.82, 2.24) is 0 Å². The molecule has 1 amide bonds. The molecule has 5 heteroatoms. The first-order valence-corrected chi connectivity index (χ1v) is 7.64. The van der Waals surface area contributed by atoms with E-state index in [1.165, 1.54) is 0 Å². The Morgan fingerprint density at radius 1 is 1.48 bits per heavy atom. The average molecular weight is 309 g/mol. The van der Waals surface area contributed by atoms with Crippen LogP contribution in [0.15, 0.2) is 18.2 Å². The molecule has 1 aliphatic carbocycles. The lowest BCUT2D eigenvalue weighted by Gasteiger charge is -2.60. The van der Waals surface area contributed by atoms with Gasteiger partial charge in [0.25, 0.3) is 0 Å². The van der Waals surface area contributed by atoms with Gasteiger partial charge in [0, 0.05) is 28.6 Å². The molecule has 1 saturated carbocycles. The number of hydrogen-bond donors (Lipinski definition) is 2. The van der Waals surface area contributed by atoms with Crippen LogP contribution in [-0.4, -0.2) is 24.2 Å². The monoisotopic (exact) mass is 308 g/mol. The first kappa shape index (κ1) is 14.8. The molecule has 3 atom stereocenters. The van der Waals surface area contributed by atoms with Crippen LogP contribution in [0.3, 0.4) is 0 Å². The SMILES string of the molecule is Cc1cc(Cl)ccc1NC(=O)C1(N)C2CCOC2C1(C)C. The third kappa shape index (κ3) is 1.93. The van der Waals surface area contributed by atoms with Crippen LogP contribution in [0.5, 0.6) is 0 Å². The summed E-state index contributed by atoms with van der Waals surface area (Å²) in [4.78, 5) is 12.8. The van der Waals surface area contributed by atoms with E-state index in [0.29, 0.717) is 11.6 Å². The number of ether oxygens (including phenoxy) is 1. The highest BCUT2D eigenvalue weighted by atomic mass is 35.5. The fourth-order valence-electron chi connectivity index (χ4n) is 3.84. The van der Waals surface area contributed by atoms with Gasteiger partial charge in [0.1, 0.15) is 5.54 Å². The molecule has 0 radical (unpaired) electrons. The second kappa shape index (κ2) is 4.70. The molecule has 0 spiro atoms. The van der Waals surface area contributed by atoms with Gasteiger partial charge in [-0.2, -0.15) is 0 Å². The number of amides is 1. The van der Waals surface area contributed by atoms with Crippen LogP contribution in [0.25, 0.3) is 0 Å². The van der Waals surface area contributed by atoms with Crippen molar-refractivity contribution in [3.63, 3.8) is 0 Å². The molecule has 3 unspecified atom stereocenters. The first-order chi connectivity index (χ1) is 9.78. The summed E-state index contributed by atoms with van der Waals surface area (Å²) < 4.78 is 5.72. The summed E-state index contributed by atoms with van der Waals surface area (Å²) in [5.41, 5.74) is 6.95. The predicted molar refractivity (Wildman–Crippen MR) is 83.4 cm³/mol. The van der Waals surface area contributed by atoms with Crippen LogP contribution in [0.4, 0.5) is 5.69 Å². The number of fused-ring (bicyclic) bond motifs is 1. The van der Waals surface area contributed by atoms with Gasteiger partial charge in [0.05, 0.1) is 6.10 Å². The number of carbonyl (C=O) groups is 1. The fraction of sp³-hybridized carbons (Fsp3) is 0.562. The maximum Gasteiger partial charge on any atom is 0.245 e. The molecule has 1 saturated heterocycles. The van der Waals surface area contributed by atoms with Crippen LogP contribution in [-0.2, 0) is 9.53 Å². The molecule has 3 N–H and O–H groups in total. The molecule has 0 aromatic heterocycles. The van der Waals surface area contributed by atoms with Crippen LogP contribution in [0.2, 0.25) is 5.02 Å². The summed E-state index contributed by atoms with van der Waals surface area (Å²) in [7, 11) is 0. The zero-order valence-corrected chi connectivity index (χ0v) is 13.3. The van der Waals surface area contributed by atoms with E-state index in [1.807, 2.05) is 32.9 Å². The van der Waals surface area contributed by atoms with Gasteiger partial charge in [-0.05, 0) is 37.1 Å². The van der Waals surface area contributed by atoms with Gasteiger partial charge >= 0.3 is 0 Å². The Balaban J connectivity index is 1.85. The Hall–Kier alpha value is -1.10. The molecule has 0 bridgehead atoms. The van der Waals surface area contributed by atoms with Gasteiger partial charge in [-0.1, -0.05) is 25.4 Å². The third-order valence-electron chi connectivity index (χ3n) is 5.27. The minimum absolute atomic E-state index is 0.0829. The number of rotatable bonds is 2. The largest absolute Gasteiger partial charge is 0.377 e. The lowest BCUT2D eigenvalue weighted by molar-refractivity contribution is -0.170. The Labute approximate surface area is 130 Å². The molecule has 114 valence electrons. The summed E-state index contributed by atoms with van der Waals surface area (Å²) in [6, 6.07) is 5.40. The van der Waals surface area contributed by atoms with Crippen LogP contribution < -0.4 is 11.1 Å². The van der Waals surface area contributed by atoms with Gasteiger partial charge in [0.15, 0.2) is 0 Å². The lowest BCUT2D eigenvalue weighted by Crippen LogP contribution is -2.79. The lowest BCUT2D eigenvalue weighted by atomic mass is 9.48. The number of nitrogens with one attached hydrogen (secondary N) is 1. The van der Waals surface area contributed by atoms with Crippen molar-refractivity contribution < 1.29 is 9.53 Å². The summed E-state index contributed by atoms with van der Waals surface area (Å²) in [5, 5.41) is 3.62. The second-order valence-electron chi connectivity index (χ2n) is 6.69. The van der Waals surface area contributed by atoms with E-state index in [0.717, 1.165) is 17.7 Å². The minimum Gasteiger partial charge on any atom is -0.377 e. The van der Waals surface area contributed by atoms with Crippen molar-refractivity contribution in [3.8, 4) is 0 Å². The zero-order valence-electron chi connectivity index (χ0n) is 12.6. The van der Waals surface area contributed by atoms with Crippen LogP contribution in [0, 0.1) is 18.3 Å². The van der Waals surface area contributed by atoms with E-state index in [4.69, 9.17) is 22.1 Å². The number of benzene rings is 1. The topological polar surface area (TPSA) is 64.4 Å². The van der Waals surface area contributed by atoms with Crippen molar-refractivity contribution in [1.29, 1.82) is 0 Å². The van der Waals surface area contributed by atoms with Crippen molar-refractivity contribution >= 4 is 23.2 Å². The van der Waals surface area contributed by atoms with Gasteiger partial charge in [-0.15, -0.1) is 0 Å². The van der Waals surface area contributed by atoms with Crippen molar-refractivity contribution in [3.05, 3.63) is 28.8 Å². The van der Waals surface area contributed by atoms with Crippen molar-refractivity contribution in [2.45, 2.75) is 38.8 Å². The minimum atomic E-state index is -0.889. The molecule has 2 aliphatic rings. The Bertz CT molecular complexity index is 602. The molecule has 1 aromatic rings. The molecule has 1 aromatic carbocycles. The Kier molecular flexibility index (Phi) is 3.32.